The summed E-state index contributed by atoms with van der Waals surface area (Å²) < 4.78 is 6.27. The number of nitrogens with one attached hydrogen (secondary N) is 1. The highest BCUT2D eigenvalue weighted by molar-refractivity contribution is 9.10. The van der Waals surface area contributed by atoms with Gasteiger partial charge in [0.25, 0.3) is 0 Å². The molecule has 19 heavy (non-hydrogen) atoms. The molecule has 4 nitrogen and oxygen atoms in total. The molecular formula is C14H15BrN2O2. The number of ether oxygens (including phenoxy) is 1. The standard InChI is InChI=1S/C14H15BrN2O2/c1-9-12(10-2-4-11(15)5-3-10)17-13(16-9)14(6-18)7-19-8-14/h2-5,18H,6-8H2,1H3,(H,16,17). The first kappa shape index (κ1) is 12.8. The lowest BCUT2D eigenvalue weighted by Gasteiger charge is -2.37. The summed E-state index contributed by atoms with van der Waals surface area (Å²) in [6.45, 7) is 3.10. The van der Waals surface area contributed by atoms with Crippen molar-refractivity contribution in [3.8, 4) is 11.3 Å². The van der Waals surface area contributed by atoms with Crippen LogP contribution in [0.3, 0.4) is 0 Å². The fourth-order valence-electron chi connectivity index (χ4n) is 2.25. The Bertz CT molecular complexity index is 582. The molecule has 0 amide bonds. The van der Waals surface area contributed by atoms with Gasteiger partial charge in [-0.3, -0.25) is 0 Å². The van der Waals surface area contributed by atoms with Gasteiger partial charge in [-0.05, 0) is 19.1 Å². The molecule has 0 aliphatic carbocycles. The lowest BCUT2D eigenvalue weighted by molar-refractivity contribution is -0.0880. The fraction of sp³-hybridized carbons (Fsp3) is 0.357. The molecule has 2 aromatic rings. The van der Waals surface area contributed by atoms with Crippen LogP contribution in [0, 0.1) is 6.92 Å². The zero-order valence-corrected chi connectivity index (χ0v) is 12.2. The second kappa shape index (κ2) is 4.74. The minimum absolute atomic E-state index is 0.0553. The van der Waals surface area contributed by atoms with Gasteiger partial charge in [0, 0.05) is 15.7 Å². The van der Waals surface area contributed by atoms with Crippen LogP contribution in [0.1, 0.15) is 11.5 Å². The molecule has 100 valence electrons. The van der Waals surface area contributed by atoms with Crippen molar-refractivity contribution in [2.24, 2.45) is 0 Å². The van der Waals surface area contributed by atoms with Gasteiger partial charge in [-0.1, -0.05) is 28.1 Å². The summed E-state index contributed by atoms with van der Waals surface area (Å²) in [5, 5.41) is 9.55. The summed E-state index contributed by atoms with van der Waals surface area (Å²) in [7, 11) is 0. The van der Waals surface area contributed by atoms with E-state index >= 15 is 0 Å². The molecule has 1 aromatic heterocycles. The molecule has 0 unspecified atom stereocenters. The predicted octanol–water partition coefficient (Wildman–Crippen LogP) is 2.41. The molecule has 1 aliphatic rings. The third kappa shape index (κ3) is 2.12. The van der Waals surface area contributed by atoms with Gasteiger partial charge in [-0.25, -0.2) is 4.98 Å². The Morgan fingerprint density at radius 3 is 2.58 bits per heavy atom. The van der Waals surface area contributed by atoms with Crippen LogP contribution in [0.5, 0.6) is 0 Å². The molecule has 1 fully saturated rings. The van der Waals surface area contributed by atoms with Crippen molar-refractivity contribution in [3.05, 3.63) is 40.3 Å². The predicted molar refractivity (Wildman–Crippen MR) is 76.0 cm³/mol. The van der Waals surface area contributed by atoms with Crippen molar-refractivity contribution in [1.29, 1.82) is 0 Å². The van der Waals surface area contributed by atoms with Gasteiger partial charge in [-0.15, -0.1) is 0 Å². The molecule has 1 saturated heterocycles. The van der Waals surface area contributed by atoms with Crippen molar-refractivity contribution in [3.63, 3.8) is 0 Å². The zero-order valence-electron chi connectivity index (χ0n) is 10.6. The van der Waals surface area contributed by atoms with Gasteiger partial charge in [0.1, 0.15) is 5.82 Å². The molecule has 0 spiro atoms. The monoisotopic (exact) mass is 322 g/mol. The number of aryl methyl sites for hydroxylation is 1. The van der Waals surface area contributed by atoms with Crippen molar-refractivity contribution >= 4 is 15.9 Å². The molecule has 1 aromatic carbocycles. The SMILES string of the molecule is Cc1[nH]c(C2(CO)COC2)nc1-c1ccc(Br)cc1. The number of H-pyrrole nitrogens is 1. The van der Waals surface area contributed by atoms with Gasteiger partial charge in [0.2, 0.25) is 0 Å². The first-order chi connectivity index (χ1) is 9.14. The average molecular weight is 323 g/mol. The van der Waals surface area contributed by atoms with Crippen LogP contribution in [0.4, 0.5) is 0 Å². The lowest BCUT2D eigenvalue weighted by atomic mass is 9.86. The molecule has 2 N–H and O–H groups in total. The first-order valence-corrected chi connectivity index (χ1v) is 6.95. The smallest absolute Gasteiger partial charge is 0.120 e. The van der Waals surface area contributed by atoms with E-state index in [1.807, 2.05) is 31.2 Å². The number of benzene rings is 1. The van der Waals surface area contributed by atoms with Crippen molar-refractivity contribution in [2.45, 2.75) is 12.3 Å². The Labute approximate surface area is 120 Å². The van der Waals surface area contributed by atoms with Crippen LogP contribution in [0.25, 0.3) is 11.3 Å². The number of aliphatic hydroxyl groups is 1. The third-order valence-electron chi connectivity index (χ3n) is 3.56. The molecule has 2 heterocycles. The van der Waals surface area contributed by atoms with E-state index in [1.54, 1.807) is 0 Å². The number of imidazole rings is 1. The maximum Gasteiger partial charge on any atom is 0.120 e. The summed E-state index contributed by atoms with van der Waals surface area (Å²) >= 11 is 3.43. The molecular weight excluding hydrogens is 308 g/mol. The Kier molecular flexibility index (Phi) is 3.20. The van der Waals surface area contributed by atoms with Crippen LogP contribution in [0.15, 0.2) is 28.7 Å². The number of hydrogen-bond donors (Lipinski definition) is 2. The minimum Gasteiger partial charge on any atom is -0.395 e. The van der Waals surface area contributed by atoms with Gasteiger partial charge in [0.15, 0.2) is 0 Å². The molecule has 0 bridgehead atoms. The topological polar surface area (TPSA) is 58.1 Å². The summed E-state index contributed by atoms with van der Waals surface area (Å²) in [5.74, 6) is 0.816. The molecule has 3 rings (SSSR count). The molecule has 0 radical (unpaired) electrons. The third-order valence-corrected chi connectivity index (χ3v) is 4.09. The van der Waals surface area contributed by atoms with E-state index in [2.05, 4.69) is 25.9 Å². The molecule has 1 aliphatic heterocycles. The van der Waals surface area contributed by atoms with E-state index < -0.39 is 0 Å². The number of aromatic amines is 1. The minimum atomic E-state index is -0.349. The fourth-order valence-corrected chi connectivity index (χ4v) is 2.52. The van der Waals surface area contributed by atoms with Crippen LogP contribution < -0.4 is 0 Å². The highest BCUT2D eigenvalue weighted by Gasteiger charge is 2.43. The maximum absolute atomic E-state index is 9.55. The largest absolute Gasteiger partial charge is 0.395 e. The lowest BCUT2D eigenvalue weighted by Crippen LogP contribution is -2.50. The van der Waals surface area contributed by atoms with Crippen LogP contribution in [-0.2, 0) is 10.2 Å². The Balaban J connectivity index is 2.00. The van der Waals surface area contributed by atoms with Crippen molar-refractivity contribution < 1.29 is 9.84 Å². The number of rotatable bonds is 3. The van der Waals surface area contributed by atoms with Crippen molar-refractivity contribution in [1.82, 2.24) is 9.97 Å². The number of nitrogens with zero attached hydrogens (tertiary/aromatic N) is 1. The Morgan fingerprint density at radius 1 is 1.37 bits per heavy atom. The average Bonchev–Trinajstić information content (AvgIpc) is 2.72. The Hall–Kier alpha value is -1.17. The first-order valence-electron chi connectivity index (χ1n) is 6.16. The number of hydrogen-bond acceptors (Lipinski definition) is 3. The summed E-state index contributed by atoms with van der Waals surface area (Å²) in [5.41, 5.74) is 2.66. The van der Waals surface area contributed by atoms with Gasteiger partial charge in [0.05, 0.1) is 30.9 Å². The second-order valence-electron chi connectivity index (χ2n) is 5.00. The second-order valence-corrected chi connectivity index (χ2v) is 5.91. The van der Waals surface area contributed by atoms with E-state index in [1.165, 1.54) is 0 Å². The van der Waals surface area contributed by atoms with E-state index in [9.17, 15) is 5.11 Å². The quantitative estimate of drug-likeness (QED) is 0.912. The van der Waals surface area contributed by atoms with E-state index in [-0.39, 0.29) is 12.0 Å². The molecule has 5 heteroatoms. The van der Waals surface area contributed by atoms with Crippen LogP contribution in [0.2, 0.25) is 0 Å². The van der Waals surface area contributed by atoms with Crippen LogP contribution >= 0.6 is 15.9 Å². The number of aromatic nitrogens is 2. The van der Waals surface area contributed by atoms with Gasteiger partial charge >= 0.3 is 0 Å². The normalized spacial score (nSPS) is 17.2. The zero-order chi connectivity index (χ0) is 13.5. The number of halogens is 1. The van der Waals surface area contributed by atoms with E-state index in [0.717, 1.165) is 27.2 Å². The number of aliphatic hydroxyl groups excluding tert-OH is 1. The molecule has 0 atom stereocenters. The van der Waals surface area contributed by atoms with Gasteiger partial charge < -0.3 is 14.8 Å². The maximum atomic E-state index is 9.55. The summed E-state index contributed by atoms with van der Waals surface area (Å²) in [4.78, 5) is 7.95. The highest BCUT2D eigenvalue weighted by Crippen LogP contribution is 2.33. The Morgan fingerprint density at radius 2 is 2.05 bits per heavy atom. The van der Waals surface area contributed by atoms with E-state index in [4.69, 9.17) is 4.74 Å². The summed E-state index contributed by atoms with van der Waals surface area (Å²) in [6.07, 6.45) is 0. The highest BCUT2D eigenvalue weighted by atomic mass is 79.9. The van der Waals surface area contributed by atoms with Crippen molar-refractivity contribution in [2.75, 3.05) is 19.8 Å². The van der Waals surface area contributed by atoms with Gasteiger partial charge in [-0.2, -0.15) is 0 Å². The van der Waals surface area contributed by atoms with Crippen LogP contribution in [-0.4, -0.2) is 34.9 Å². The summed E-state index contributed by atoms with van der Waals surface area (Å²) in [6, 6.07) is 8.05. The van der Waals surface area contributed by atoms with E-state index in [0.29, 0.717) is 13.2 Å². The molecule has 0 saturated carbocycles.